The van der Waals surface area contributed by atoms with Gasteiger partial charge in [0.05, 0.1) is 22.0 Å². The number of hydrogen-bond donors (Lipinski definition) is 0. The fourth-order valence-corrected chi connectivity index (χ4v) is 4.94. The van der Waals surface area contributed by atoms with Crippen LogP contribution in [0.4, 0.5) is 8.78 Å². The summed E-state index contributed by atoms with van der Waals surface area (Å²) in [6.07, 6.45) is 2.23. The molecule has 1 saturated heterocycles. The first-order valence-corrected chi connectivity index (χ1v) is 10.6. The summed E-state index contributed by atoms with van der Waals surface area (Å²) in [7, 11) is -4.85. The van der Waals surface area contributed by atoms with E-state index in [1.165, 1.54) is 23.1 Å². The first kappa shape index (κ1) is 18.9. The maximum absolute atomic E-state index is 12.9. The van der Waals surface area contributed by atoms with E-state index >= 15 is 0 Å². The molecule has 0 radical (unpaired) electrons. The van der Waals surface area contributed by atoms with E-state index in [1.807, 2.05) is 6.07 Å². The fraction of sp³-hybridized carbons (Fsp3) is 0.353. The molecule has 0 aliphatic carbocycles. The lowest BCUT2D eigenvalue weighted by Crippen LogP contribution is -2.34. The van der Waals surface area contributed by atoms with Crippen molar-refractivity contribution in [1.82, 2.24) is 4.90 Å². The van der Waals surface area contributed by atoms with Crippen LogP contribution in [0.5, 0.6) is 0 Å². The van der Waals surface area contributed by atoms with Gasteiger partial charge in [0.1, 0.15) is 5.76 Å². The first-order valence-electron chi connectivity index (χ1n) is 7.96. The SMILES string of the molecule is O=C(c1ccccc1S(=O)(=O)C(F)F)N1CCS[C@@H](c2ccco2)CC1. The minimum atomic E-state index is -4.85. The van der Waals surface area contributed by atoms with E-state index in [0.717, 1.165) is 11.8 Å². The summed E-state index contributed by atoms with van der Waals surface area (Å²) >= 11 is 1.65. The highest BCUT2D eigenvalue weighted by Crippen LogP contribution is 2.35. The van der Waals surface area contributed by atoms with E-state index in [9.17, 15) is 22.0 Å². The van der Waals surface area contributed by atoms with Gasteiger partial charge in [-0.1, -0.05) is 12.1 Å². The molecule has 1 aromatic carbocycles. The molecule has 5 nitrogen and oxygen atoms in total. The molecule has 0 N–H and O–H groups in total. The van der Waals surface area contributed by atoms with Gasteiger partial charge in [-0.25, -0.2) is 8.42 Å². The summed E-state index contributed by atoms with van der Waals surface area (Å²) < 4.78 is 55.0. The van der Waals surface area contributed by atoms with Crippen molar-refractivity contribution in [2.45, 2.75) is 22.3 Å². The summed E-state index contributed by atoms with van der Waals surface area (Å²) in [6.45, 7) is 0.796. The quantitative estimate of drug-likeness (QED) is 0.783. The number of amides is 1. The van der Waals surface area contributed by atoms with Crippen molar-refractivity contribution in [3.8, 4) is 0 Å². The van der Waals surface area contributed by atoms with Crippen molar-refractivity contribution in [1.29, 1.82) is 0 Å². The van der Waals surface area contributed by atoms with Gasteiger partial charge in [-0.3, -0.25) is 4.79 Å². The maximum Gasteiger partial charge on any atom is 0.341 e. The van der Waals surface area contributed by atoms with Crippen molar-refractivity contribution in [3.63, 3.8) is 0 Å². The Hall–Kier alpha value is -1.87. The molecule has 1 atom stereocenters. The van der Waals surface area contributed by atoms with Crippen molar-refractivity contribution < 1.29 is 26.4 Å². The van der Waals surface area contributed by atoms with Crippen LogP contribution in [0, 0.1) is 0 Å². The summed E-state index contributed by atoms with van der Waals surface area (Å²) in [4.78, 5) is 13.7. The molecular weight excluding hydrogens is 384 g/mol. The highest BCUT2D eigenvalue weighted by Gasteiger charge is 2.33. The Morgan fingerprint density at radius 1 is 1.19 bits per heavy atom. The molecule has 2 aromatic rings. The molecular formula is C17H17F2NO4S2. The van der Waals surface area contributed by atoms with E-state index in [4.69, 9.17) is 4.42 Å². The van der Waals surface area contributed by atoms with Gasteiger partial charge in [0.15, 0.2) is 0 Å². The molecule has 9 heteroatoms. The molecule has 1 fully saturated rings. The van der Waals surface area contributed by atoms with E-state index in [1.54, 1.807) is 24.1 Å². The van der Waals surface area contributed by atoms with E-state index in [-0.39, 0.29) is 10.8 Å². The minimum Gasteiger partial charge on any atom is -0.468 e. The van der Waals surface area contributed by atoms with Crippen LogP contribution in [0.25, 0.3) is 0 Å². The third-order valence-electron chi connectivity index (χ3n) is 4.15. The molecule has 0 bridgehead atoms. The first-order chi connectivity index (χ1) is 12.4. The molecule has 140 valence electrons. The van der Waals surface area contributed by atoms with Crippen molar-refractivity contribution in [3.05, 3.63) is 54.0 Å². The monoisotopic (exact) mass is 401 g/mol. The number of carbonyl (C=O) groups is 1. The van der Waals surface area contributed by atoms with Gasteiger partial charge in [0, 0.05) is 18.8 Å². The van der Waals surface area contributed by atoms with Crippen LogP contribution in [0.2, 0.25) is 0 Å². The Labute approximate surface area is 154 Å². The number of benzene rings is 1. The molecule has 0 unspecified atom stereocenters. The van der Waals surface area contributed by atoms with E-state index in [2.05, 4.69) is 0 Å². The Morgan fingerprint density at radius 3 is 2.65 bits per heavy atom. The van der Waals surface area contributed by atoms with Crippen LogP contribution in [0.3, 0.4) is 0 Å². The second-order valence-corrected chi connectivity index (χ2v) is 8.95. The topological polar surface area (TPSA) is 67.6 Å². The molecule has 1 aromatic heterocycles. The predicted octanol–water partition coefficient (Wildman–Crippen LogP) is 3.60. The summed E-state index contributed by atoms with van der Waals surface area (Å²) in [5.74, 6) is -2.66. The summed E-state index contributed by atoms with van der Waals surface area (Å²) in [5.41, 5.74) is -0.214. The smallest absolute Gasteiger partial charge is 0.341 e. The van der Waals surface area contributed by atoms with Gasteiger partial charge in [-0.15, -0.1) is 11.8 Å². The molecule has 26 heavy (non-hydrogen) atoms. The van der Waals surface area contributed by atoms with E-state index < -0.39 is 26.4 Å². The molecule has 0 saturated carbocycles. The molecule has 1 aliphatic rings. The Kier molecular flexibility index (Phi) is 5.67. The predicted molar refractivity (Wildman–Crippen MR) is 94.1 cm³/mol. The maximum atomic E-state index is 12.9. The second kappa shape index (κ2) is 7.79. The van der Waals surface area contributed by atoms with Crippen LogP contribution < -0.4 is 0 Å². The van der Waals surface area contributed by atoms with Crippen LogP contribution in [0.1, 0.15) is 27.8 Å². The summed E-state index contributed by atoms with van der Waals surface area (Å²) in [6, 6.07) is 8.80. The molecule has 3 rings (SSSR count). The van der Waals surface area contributed by atoms with Gasteiger partial charge in [-0.2, -0.15) is 8.78 Å². The number of hydrogen-bond acceptors (Lipinski definition) is 5. The van der Waals surface area contributed by atoms with Gasteiger partial charge < -0.3 is 9.32 Å². The third kappa shape index (κ3) is 3.78. The summed E-state index contributed by atoms with van der Waals surface area (Å²) in [5, 5.41) is 0.0999. The highest BCUT2D eigenvalue weighted by molar-refractivity contribution is 7.99. The fourth-order valence-electron chi connectivity index (χ4n) is 2.83. The zero-order valence-corrected chi connectivity index (χ0v) is 15.3. The standard InChI is InChI=1S/C17H17F2NO4S2/c18-17(19)26(22,23)15-6-2-1-4-12(15)16(21)20-8-7-14(25-11-9-20)13-5-3-10-24-13/h1-6,10,14,17H,7-9,11H2/t14-/m1/s1. The van der Waals surface area contributed by atoms with Crippen molar-refractivity contribution in [2.75, 3.05) is 18.8 Å². The van der Waals surface area contributed by atoms with Crippen molar-refractivity contribution in [2.24, 2.45) is 0 Å². The van der Waals surface area contributed by atoms with Crippen LogP contribution in [-0.2, 0) is 9.84 Å². The molecule has 1 aliphatic heterocycles. The number of alkyl halides is 2. The molecule has 0 spiro atoms. The number of furan rings is 1. The number of carbonyl (C=O) groups excluding carboxylic acids is 1. The minimum absolute atomic E-state index is 0.0999. The number of nitrogens with zero attached hydrogens (tertiary/aromatic N) is 1. The van der Waals surface area contributed by atoms with E-state index in [0.29, 0.717) is 25.3 Å². The van der Waals surface area contributed by atoms with Crippen LogP contribution in [0.15, 0.2) is 52.0 Å². The van der Waals surface area contributed by atoms with Gasteiger partial charge >= 0.3 is 5.76 Å². The number of halogens is 2. The van der Waals surface area contributed by atoms with Crippen LogP contribution in [-0.4, -0.2) is 43.8 Å². The third-order valence-corrected chi connectivity index (χ3v) is 6.87. The Bertz CT molecular complexity index is 869. The highest BCUT2D eigenvalue weighted by atomic mass is 32.2. The van der Waals surface area contributed by atoms with Gasteiger partial charge in [0.2, 0.25) is 9.84 Å². The molecule has 2 heterocycles. The van der Waals surface area contributed by atoms with Gasteiger partial charge in [0.25, 0.3) is 5.91 Å². The average molecular weight is 401 g/mol. The number of rotatable bonds is 4. The zero-order valence-electron chi connectivity index (χ0n) is 13.7. The largest absolute Gasteiger partial charge is 0.468 e. The molecule has 1 amide bonds. The lowest BCUT2D eigenvalue weighted by atomic mass is 10.1. The van der Waals surface area contributed by atoms with Crippen LogP contribution >= 0.6 is 11.8 Å². The number of sulfone groups is 1. The lowest BCUT2D eigenvalue weighted by molar-refractivity contribution is 0.0762. The Balaban J connectivity index is 1.82. The van der Waals surface area contributed by atoms with Crippen molar-refractivity contribution >= 4 is 27.5 Å². The number of thioether (sulfide) groups is 1. The Morgan fingerprint density at radius 2 is 1.96 bits per heavy atom. The average Bonchev–Trinajstić information content (AvgIpc) is 3.05. The lowest BCUT2D eigenvalue weighted by Gasteiger charge is -2.21. The zero-order chi connectivity index (χ0) is 18.7. The van der Waals surface area contributed by atoms with Gasteiger partial charge in [-0.05, 0) is 30.7 Å². The second-order valence-electron chi connectivity index (χ2n) is 5.76. The normalized spacial score (nSPS) is 18.7.